The van der Waals surface area contributed by atoms with E-state index in [1.54, 1.807) is 0 Å². The number of carbonyl (C=O) groups excluding carboxylic acids is 1. The summed E-state index contributed by atoms with van der Waals surface area (Å²) in [6.45, 7) is 3.85. The van der Waals surface area contributed by atoms with E-state index in [2.05, 4.69) is 31.2 Å². The van der Waals surface area contributed by atoms with E-state index in [1.807, 2.05) is 29.2 Å². The van der Waals surface area contributed by atoms with Crippen LogP contribution in [0.25, 0.3) is 22.3 Å². The monoisotopic (exact) mass is 391 g/mol. The Hall–Kier alpha value is -2.40. The highest BCUT2D eigenvalue weighted by molar-refractivity contribution is 8.00. The van der Waals surface area contributed by atoms with E-state index in [0.717, 1.165) is 47.4 Å². The average molecular weight is 392 g/mol. The van der Waals surface area contributed by atoms with Crippen molar-refractivity contribution < 1.29 is 4.79 Å². The van der Waals surface area contributed by atoms with E-state index in [1.165, 1.54) is 30.2 Å². The second-order valence-corrected chi connectivity index (χ2v) is 8.28. The lowest BCUT2D eigenvalue weighted by atomic mass is 10.1. The van der Waals surface area contributed by atoms with E-state index >= 15 is 0 Å². The molecule has 0 bridgehead atoms. The first-order valence-corrected chi connectivity index (χ1v) is 10.9. The number of fused-ring (bicyclic) bond motifs is 1. The van der Waals surface area contributed by atoms with Crippen LogP contribution in [-0.4, -0.2) is 39.6 Å². The zero-order valence-electron chi connectivity index (χ0n) is 16.2. The van der Waals surface area contributed by atoms with Crippen LogP contribution in [0.15, 0.2) is 53.6 Å². The molecule has 0 radical (unpaired) electrons. The van der Waals surface area contributed by atoms with Gasteiger partial charge in [-0.1, -0.05) is 72.6 Å². The summed E-state index contributed by atoms with van der Waals surface area (Å²) in [5, 5.41) is 1.89. The minimum atomic E-state index is 0.214. The lowest BCUT2D eigenvalue weighted by molar-refractivity contribution is -0.128. The SMILES string of the molecule is Cc1ccc(-c2nc(SCC(=O)N3CCCCCC3)c3ccccc3n2)cc1. The van der Waals surface area contributed by atoms with E-state index in [-0.39, 0.29) is 5.91 Å². The number of aromatic nitrogens is 2. The molecule has 1 aromatic heterocycles. The smallest absolute Gasteiger partial charge is 0.232 e. The zero-order valence-corrected chi connectivity index (χ0v) is 17.0. The van der Waals surface area contributed by atoms with Crippen molar-refractivity contribution in [1.82, 2.24) is 14.9 Å². The Morgan fingerprint density at radius 3 is 2.43 bits per heavy atom. The standard InChI is InChI=1S/C23H25N3OS/c1-17-10-12-18(13-11-17)22-24-20-9-5-4-8-19(20)23(25-22)28-16-21(27)26-14-6-2-3-7-15-26/h4-5,8-13H,2-3,6-7,14-16H2,1H3. The fraction of sp³-hybridized carbons (Fsp3) is 0.348. The average Bonchev–Trinajstić information content (AvgIpc) is 3.02. The Bertz CT molecular complexity index is 963. The number of nitrogens with zero attached hydrogens (tertiary/aromatic N) is 3. The van der Waals surface area contributed by atoms with Gasteiger partial charge in [-0.25, -0.2) is 9.97 Å². The second kappa shape index (κ2) is 8.74. The van der Waals surface area contributed by atoms with Gasteiger partial charge < -0.3 is 4.90 Å². The van der Waals surface area contributed by atoms with Gasteiger partial charge in [0.05, 0.1) is 11.3 Å². The molecular formula is C23H25N3OS. The van der Waals surface area contributed by atoms with Gasteiger partial charge in [0.2, 0.25) is 5.91 Å². The van der Waals surface area contributed by atoms with Crippen molar-refractivity contribution in [3.8, 4) is 11.4 Å². The second-order valence-electron chi connectivity index (χ2n) is 7.32. The number of thioether (sulfide) groups is 1. The van der Waals surface area contributed by atoms with Crippen LogP contribution < -0.4 is 0 Å². The number of amides is 1. The number of hydrogen-bond donors (Lipinski definition) is 0. The Morgan fingerprint density at radius 2 is 1.68 bits per heavy atom. The summed E-state index contributed by atoms with van der Waals surface area (Å²) < 4.78 is 0. The topological polar surface area (TPSA) is 46.1 Å². The first-order valence-electron chi connectivity index (χ1n) is 9.95. The summed E-state index contributed by atoms with van der Waals surface area (Å²) in [7, 11) is 0. The molecule has 1 fully saturated rings. The van der Waals surface area contributed by atoms with Gasteiger partial charge in [0.15, 0.2) is 5.82 Å². The fourth-order valence-electron chi connectivity index (χ4n) is 3.53. The number of rotatable bonds is 4. The largest absolute Gasteiger partial charge is 0.342 e. The van der Waals surface area contributed by atoms with Crippen molar-refractivity contribution >= 4 is 28.6 Å². The molecule has 0 unspecified atom stereocenters. The molecule has 4 rings (SSSR count). The zero-order chi connectivity index (χ0) is 19.3. The molecule has 2 heterocycles. The van der Waals surface area contributed by atoms with Crippen LogP contribution in [0.2, 0.25) is 0 Å². The normalized spacial score (nSPS) is 14.8. The highest BCUT2D eigenvalue weighted by atomic mass is 32.2. The van der Waals surface area contributed by atoms with Crippen LogP contribution in [0, 0.1) is 6.92 Å². The predicted molar refractivity (Wildman–Crippen MR) is 115 cm³/mol. The van der Waals surface area contributed by atoms with Gasteiger partial charge >= 0.3 is 0 Å². The molecule has 1 saturated heterocycles. The lowest BCUT2D eigenvalue weighted by Gasteiger charge is -2.20. The molecule has 0 N–H and O–H groups in total. The van der Waals surface area contributed by atoms with Crippen molar-refractivity contribution in [3.05, 3.63) is 54.1 Å². The number of aryl methyl sites for hydroxylation is 1. The summed E-state index contributed by atoms with van der Waals surface area (Å²) in [6, 6.07) is 16.3. The third-order valence-electron chi connectivity index (χ3n) is 5.17. The van der Waals surface area contributed by atoms with E-state index in [4.69, 9.17) is 9.97 Å². The molecule has 5 heteroatoms. The Labute approximate surface area is 170 Å². The van der Waals surface area contributed by atoms with Gasteiger partial charge in [-0.2, -0.15) is 0 Å². The summed E-state index contributed by atoms with van der Waals surface area (Å²) in [4.78, 5) is 24.3. The van der Waals surface area contributed by atoms with Crippen LogP contribution in [0.3, 0.4) is 0 Å². The fourth-order valence-corrected chi connectivity index (χ4v) is 4.45. The third-order valence-corrected chi connectivity index (χ3v) is 6.15. The molecule has 3 aromatic rings. The van der Waals surface area contributed by atoms with Gasteiger partial charge in [0.1, 0.15) is 5.03 Å². The molecule has 1 amide bonds. The lowest BCUT2D eigenvalue weighted by Crippen LogP contribution is -2.33. The summed E-state index contributed by atoms with van der Waals surface area (Å²) in [6.07, 6.45) is 4.69. The first kappa shape index (κ1) is 18.9. The maximum Gasteiger partial charge on any atom is 0.232 e. The van der Waals surface area contributed by atoms with Crippen LogP contribution in [-0.2, 0) is 4.79 Å². The number of likely N-dealkylation sites (tertiary alicyclic amines) is 1. The summed E-state index contributed by atoms with van der Waals surface area (Å²) in [5.74, 6) is 1.35. The van der Waals surface area contributed by atoms with Gasteiger partial charge in [-0.05, 0) is 25.8 Å². The van der Waals surface area contributed by atoms with E-state index in [9.17, 15) is 4.79 Å². The molecule has 144 valence electrons. The minimum absolute atomic E-state index is 0.214. The molecule has 0 spiro atoms. The van der Waals surface area contributed by atoms with Gasteiger partial charge in [-0.3, -0.25) is 4.79 Å². The van der Waals surface area contributed by atoms with Gasteiger partial charge in [-0.15, -0.1) is 0 Å². The van der Waals surface area contributed by atoms with Gasteiger partial charge in [0, 0.05) is 24.0 Å². The molecule has 0 aliphatic carbocycles. The Morgan fingerprint density at radius 1 is 0.964 bits per heavy atom. The molecule has 1 aliphatic heterocycles. The van der Waals surface area contributed by atoms with Crippen LogP contribution in [0.4, 0.5) is 0 Å². The first-order chi connectivity index (χ1) is 13.7. The van der Waals surface area contributed by atoms with E-state index < -0.39 is 0 Å². The predicted octanol–water partition coefficient (Wildman–Crippen LogP) is 5.10. The molecule has 4 nitrogen and oxygen atoms in total. The molecule has 0 saturated carbocycles. The van der Waals surface area contributed by atoms with Crippen molar-refractivity contribution in [2.24, 2.45) is 0 Å². The Kier molecular flexibility index (Phi) is 5.91. The van der Waals surface area contributed by atoms with Crippen LogP contribution in [0.5, 0.6) is 0 Å². The maximum atomic E-state index is 12.7. The van der Waals surface area contributed by atoms with Gasteiger partial charge in [0.25, 0.3) is 0 Å². The van der Waals surface area contributed by atoms with Crippen LogP contribution >= 0.6 is 11.8 Å². The Balaban J connectivity index is 1.60. The highest BCUT2D eigenvalue weighted by Gasteiger charge is 2.17. The highest BCUT2D eigenvalue weighted by Crippen LogP contribution is 2.29. The molecule has 28 heavy (non-hydrogen) atoms. The number of carbonyl (C=O) groups is 1. The van der Waals surface area contributed by atoms with Crippen molar-refractivity contribution in [2.75, 3.05) is 18.8 Å². The maximum absolute atomic E-state index is 12.7. The third kappa shape index (κ3) is 4.36. The van der Waals surface area contributed by atoms with Crippen LogP contribution in [0.1, 0.15) is 31.2 Å². The van der Waals surface area contributed by atoms with Crippen molar-refractivity contribution in [1.29, 1.82) is 0 Å². The number of benzene rings is 2. The summed E-state index contributed by atoms with van der Waals surface area (Å²) in [5.41, 5.74) is 3.12. The molecule has 0 atom stereocenters. The van der Waals surface area contributed by atoms with Crippen molar-refractivity contribution in [3.63, 3.8) is 0 Å². The number of hydrogen-bond acceptors (Lipinski definition) is 4. The number of para-hydroxylation sites is 1. The summed E-state index contributed by atoms with van der Waals surface area (Å²) >= 11 is 1.53. The quantitative estimate of drug-likeness (QED) is 0.458. The minimum Gasteiger partial charge on any atom is -0.342 e. The molecule has 2 aromatic carbocycles. The van der Waals surface area contributed by atoms with E-state index in [0.29, 0.717) is 11.6 Å². The molecular weight excluding hydrogens is 366 g/mol. The van der Waals surface area contributed by atoms with Crippen molar-refractivity contribution in [2.45, 2.75) is 37.6 Å². The molecule has 1 aliphatic rings.